The predicted molar refractivity (Wildman–Crippen MR) is 51.9 cm³/mol. The molecule has 0 aromatic heterocycles. The van der Waals surface area contributed by atoms with Crippen LogP contribution in [0.1, 0.15) is 13.8 Å². The normalized spacial score (nSPS) is 10.7. The third kappa shape index (κ3) is 4.70. The molecular formula is C7H12N2O4S. The summed E-state index contributed by atoms with van der Waals surface area (Å²) >= 11 is 0.918. The number of carboxylic acid groups (broad SMARTS) is 1. The van der Waals surface area contributed by atoms with Crippen molar-refractivity contribution in [1.29, 1.82) is 0 Å². The Kier molecular flexibility index (Phi) is 4.42. The van der Waals surface area contributed by atoms with Crippen LogP contribution in [0.4, 0.5) is 4.79 Å². The lowest BCUT2D eigenvalue weighted by molar-refractivity contribution is -0.138. The van der Waals surface area contributed by atoms with Crippen LogP contribution in [-0.2, 0) is 9.59 Å². The molecule has 0 rings (SSSR count). The van der Waals surface area contributed by atoms with Crippen molar-refractivity contribution in [3.8, 4) is 0 Å². The molecule has 0 radical (unpaired) electrons. The average Bonchev–Trinajstić information content (AvgIpc) is 1.99. The number of primary amides is 1. The molecular weight excluding hydrogens is 208 g/mol. The van der Waals surface area contributed by atoms with Crippen molar-refractivity contribution in [2.75, 3.05) is 5.75 Å². The van der Waals surface area contributed by atoms with E-state index >= 15 is 0 Å². The highest BCUT2D eigenvalue weighted by molar-refractivity contribution is 8.01. The fourth-order valence-corrected chi connectivity index (χ4v) is 1.17. The lowest BCUT2D eigenvalue weighted by Crippen LogP contribution is -2.38. The predicted octanol–water partition coefficient (Wildman–Crippen LogP) is -0.222. The van der Waals surface area contributed by atoms with Crippen molar-refractivity contribution < 1.29 is 19.5 Å². The number of carboxylic acids is 1. The number of nitrogens with one attached hydrogen (secondary N) is 1. The summed E-state index contributed by atoms with van der Waals surface area (Å²) < 4.78 is -1.06. The smallest absolute Gasteiger partial charge is 0.319 e. The lowest BCUT2D eigenvalue weighted by Gasteiger charge is -2.17. The van der Waals surface area contributed by atoms with E-state index in [2.05, 4.69) is 0 Å². The van der Waals surface area contributed by atoms with E-state index in [-0.39, 0.29) is 5.75 Å². The molecule has 14 heavy (non-hydrogen) atoms. The lowest BCUT2D eigenvalue weighted by atomic mass is 10.2. The summed E-state index contributed by atoms with van der Waals surface area (Å²) in [6, 6.07) is -0.941. The zero-order chi connectivity index (χ0) is 11.4. The first-order valence-corrected chi connectivity index (χ1v) is 4.71. The molecule has 0 spiro atoms. The van der Waals surface area contributed by atoms with Crippen LogP contribution in [0.5, 0.6) is 0 Å². The molecule has 80 valence electrons. The van der Waals surface area contributed by atoms with Crippen LogP contribution in [0.2, 0.25) is 0 Å². The topological polar surface area (TPSA) is 109 Å². The number of carbonyl (C=O) groups is 3. The molecule has 0 aromatic carbocycles. The molecule has 4 N–H and O–H groups in total. The molecule has 3 amide bonds. The summed E-state index contributed by atoms with van der Waals surface area (Å²) in [4.78, 5) is 31.7. The fraction of sp³-hybridized carbons (Fsp3) is 0.571. The van der Waals surface area contributed by atoms with Gasteiger partial charge in [-0.1, -0.05) is 0 Å². The quantitative estimate of drug-likeness (QED) is 0.606. The minimum atomic E-state index is -1.06. The average molecular weight is 220 g/mol. The maximum atomic E-state index is 10.9. The maximum Gasteiger partial charge on any atom is 0.319 e. The second-order valence-corrected chi connectivity index (χ2v) is 4.61. The Labute approximate surface area is 85.2 Å². The number of imide groups is 1. The van der Waals surface area contributed by atoms with E-state index in [0.717, 1.165) is 11.8 Å². The molecule has 6 nitrogen and oxygen atoms in total. The minimum absolute atomic E-state index is 0.123. The molecule has 0 saturated carbocycles. The van der Waals surface area contributed by atoms with E-state index in [1.165, 1.54) is 13.8 Å². The molecule has 0 unspecified atom stereocenters. The number of urea groups is 1. The molecule has 0 aliphatic rings. The van der Waals surface area contributed by atoms with Gasteiger partial charge in [-0.05, 0) is 13.8 Å². The molecule has 0 aliphatic carbocycles. The van der Waals surface area contributed by atoms with Gasteiger partial charge in [0.25, 0.3) is 0 Å². The van der Waals surface area contributed by atoms with Gasteiger partial charge in [-0.3, -0.25) is 14.9 Å². The molecule has 0 saturated heterocycles. The van der Waals surface area contributed by atoms with Gasteiger partial charge in [-0.15, -0.1) is 11.8 Å². The largest absolute Gasteiger partial charge is 0.480 e. The number of hydrogen-bond donors (Lipinski definition) is 3. The Hall–Kier alpha value is -1.24. The van der Waals surface area contributed by atoms with Gasteiger partial charge in [-0.2, -0.15) is 0 Å². The minimum Gasteiger partial charge on any atom is -0.480 e. The van der Waals surface area contributed by atoms with Crippen LogP contribution >= 0.6 is 11.8 Å². The highest BCUT2D eigenvalue weighted by Gasteiger charge is 2.28. The third-order valence-corrected chi connectivity index (χ3v) is 2.64. The monoisotopic (exact) mass is 220 g/mol. The van der Waals surface area contributed by atoms with Gasteiger partial charge in [0, 0.05) is 0 Å². The first-order chi connectivity index (χ1) is 6.25. The zero-order valence-electron chi connectivity index (χ0n) is 7.86. The molecule has 0 heterocycles. The van der Waals surface area contributed by atoms with Crippen molar-refractivity contribution >= 4 is 29.7 Å². The van der Waals surface area contributed by atoms with Crippen LogP contribution in [0, 0.1) is 0 Å². The van der Waals surface area contributed by atoms with E-state index in [0.29, 0.717) is 0 Å². The van der Waals surface area contributed by atoms with Crippen molar-refractivity contribution in [3.05, 3.63) is 0 Å². The Morgan fingerprint density at radius 3 is 2.29 bits per heavy atom. The summed E-state index contributed by atoms with van der Waals surface area (Å²) in [5.41, 5.74) is 4.70. The van der Waals surface area contributed by atoms with Crippen LogP contribution in [0.25, 0.3) is 0 Å². The number of nitrogens with two attached hydrogens (primary N) is 1. The van der Waals surface area contributed by atoms with Gasteiger partial charge in [0.15, 0.2) is 0 Å². The van der Waals surface area contributed by atoms with Crippen molar-refractivity contribution in [3.63, 3.8) is 0 Å². The van der Waals surface area contributed by atoms with Crippen molar-refractivity contribution in [1.82, 2.24) is 5.32 Å². The number of amides is 3. The Morgan fingerprint density at radius 1 is 1.43 bits per heavy atom. The fourth-order valence-electron chi connectivity index (χ4n) is 0.481. The van der Waals surface area contributed by atoms with Crippen LogP contribution in [0.15, 0.2) is 0 Å². The highest BCUT2D eigenvalue weighted by Crippen LogP contribution is 2.23. The van der Waals surface area contributed by atoms with Crippen LogP contribution in [0.3, 0.4) is 0 Å². The van der Waals surface area contributed by atoms with E-state index in [4.69, 9.17) is 10.8 Å². The summed E-state index contributed by atoms with van der Waals surface area (Å²) in [6.45, 7) is 2.94. The van der Waals surface area contributed by atoms with Crippen molar-refractivity contribution in [2.24, 2.45) is 5.73 Å². The number of hydrogen-bond acceptors (Lipinski definition) is 4. The summed E-state index contributed by atoms with van der Waals surface area (Å²) in [6.07, 6.45) is 0. The summed E-state index contributed by atoms with van der Waals surface area (Å²) in [5.74, 6) is -1.74. The number of carbonyl (C=O) groups excluding carboxylic acids is 2. The number of thioether (sulfide) groups is 1. The SMILES string of the molecule is CC(C)(SCC(=O)NC(N)=O)C(=O)O. The Morgan fingerprint density at radius 2 is 1.93 bits per heavy atom. The van der Waals surface area contributed by atoms with Gasteiger partial charge in [0.05, 0.1) is 5.75 Å². The van der Waals surface area contributed by atoms with E-state index in [9.17, 15) is 14.4 Å². The van der Waals surface area contributed by atoms with Gasteiger partial charge in [0.1, 0.15) is 4.75 Å². The highest BCUT2D eigenvalue weighted by atomic mass is 32.2. The van der Waals surface area contributed by atoms with Crippen LogP contribution in [-0.4, -0.2) is 33.5 Å². The second kappa shape index (κ2) is 4.85. The molecule has 0 bridgehead atoms. The standard InChI is InChI=1S/C7H12N2O4S/c1-7(2,5(11)12)14-3-4(10)9-6(8)13/h3H2,1-2H3,(H,11,12)(H3,8,9,10,13). The molecule has 0 aromatic rings. The van der Waals surface area contributed by atoms with Crippen molar-refractivity contribution in [2.45, 2.75) is 18.6 Å². The summed E-state index contributed by atoms with van der Waals surface area (Å²) in [7, 11) is 0. The maximum absolute atomic E-state index is 10.9. The molecule has 0 aliphatic heterocycles. The summed E-state index contributed by atoms with van der Waals surface area (Å²) in [5, 5.41) is 10.5. The molecule has 7 heteroatoms. The van der Waals surface area contributed by atoms with E-state index in [1.54, 1.807) is 0 Å². The zero-order valence-corrected chi connectivity index (χ0v) is 8.68. The number of rotatable bonds is 4. The molecule has 0 fully saturated rings. The first kappa shape index (κ1) is 12.8. The van der Waals surface area contributed by atoms with Crippen LogP contribution < -0.4 is 11.1 Å². The Balaban J connectivity index is 4.00. The van der Waals surface area contributed by atoms with Gasteiger partial charge < -0.3 is 10.8 Å². The first-order valence-electron chi connectivity index (χ1n) is 3.72. The van der Waals surface area contributed by atoms with Gasteiger partial charge in [-0.25, -0.2) is 4.79 Å². The Bertz CT molecular complexity index is 264. The van der Waals surface area contributed by atoms with Gasteiger partial charge in [0.2, 0.25) is 5.91 Å². The third-order valence-electron chi connectivity index (χ3n) is 1.34. The van der Waals surface area contributed by atoms with E-state index < -0.39 is 22.7 Å². The molecule has 0 atom stereocenters. The number of aliphatic carboxylic acids is 1. The van der Waals surface area contributed by atoms with E-state index in [1.807, 2.05) is 5.32 Å². The van der Waals surface area contributed by atoms with Gasteiger partial charge >= 0.3 is 12.0 Å². The second-order valence-electron chi connectivity index (χ2n) is 3.02.